The molecule has 0 aliphatic carbocycles. The summed E-state index contributed by atoms with van der Waals surface area (Å²) < 4.78 is 5.71. The van der Waals surface area contributed by atoms with Gasteiger partial charge in [0.05, 0.1) is 25.2 Å². The topological polar surface area (TPSA) is 75.9 Å². The van der Waals surface area contributed by atoms with E-state index in [-0.39, 0.29) is 30.4 Å². The second kappa shape index (κ2) is 8.08. The highest BCUT2D eigenvalue weighted by Gasteiger charge is 2.28. The first-order valence-electron chi connectivity index (χ1n) is 7.89. The Kier molecular flexibility index (Phi) is 6.12. The summed E-state index contributed by atoms with van der Waals surface area (Å²) in [6, 6.07) is 9.78. The van der Waals surface area contributed by atoms with Crippen LogP contribution in [0.1, 0.15) is 18.4 Å². The molecule has 0 saturated carbocycles. The second-order valence-electron chi connectivity index (χ2n) is 6.07. The maximum Gasteiger partial charge on any atom is 0.231 e. The molecule has 2 atom stereocenters. The molecule has 2 rings (SSSR count). The predicted molar refractivity (Wildman–Crippen MR) is 87.9 cm³/mol. The van der Waals surface area contributed by atoms with Crippen molar-refractivity contribution in [3.63, 3.8) is 0 Å². The van der Waals surface area contributed by atoms with Crippen LogP contribution in [0.15, 0.2) is 30.3 Å². The van der Waals surface area contributed by atoms with Gasteiger partial charge in [-0.15, -0.1) is 0 Å². The Balaban J connectivity index is 1.92. The number of carbonyl (C=O) groups excluding carboxylic acids is 2. The van der Waals surface area contributed by atoms with Gasteiger partial charge in [0.1, 0.15) is 0 Å². The highest BCUT2D eigenvalue weighted by molar-refractivity contribution is 5.83. The number of benzene rings is 1. The SMILES string of the molecule is C[C@@H](C(=O)N1CCO[C@@H](CN(C)CC(N)=O)C1)c1ccccc1. The minimum atomic E-state index is -0.367. The van der Waals surface area contributed by atoms with Gasteiger partial charge in [-0.05, 0) is 19.5 Å². The van der Waals surface area contributed by atoms with Crippen molar-refractivity contribution in [2.24, 2.45) is 5.73 Å². The van der Waals surface area contributed by atoms with E-state index in [1.54, 1.807) is 0 Å². The molecule has 2 N–H and O–H groups in total. The molecule has 0 aromatic heterocycles. The molecule has 6 heteroatoms. The zero-order valence-electron chi connectivity index (χ0n) is 13.8. The molecule has 0 unspecified atom stereocenters. The van der Waals surface area contributed by atoms with Crippen LogP contribution in [0, 0.1) is 0 Å². The van der Waals surface area contributed by atoms with Crippen LogP contribution in [-0.4, -0.2) is 67.6 Å². The molecule has 1 heterocycles. The number of nitrogens with zero attached hydrogens (tertiary/aromatic N) is 2. The lowest BCUT2D eigenvalue weighted by molar-refractivity contribution is -0.141. The summed E-state index contributed by atoms with van der Waals surface area (Å²) in [5.41, 5.74) is 6.21. The standard InChI is InChI=1S/C17H25N3O3/c1-13(14-6-4-3-5-7-14)17(22)20-8-9-23-15(11-20)10-19(2)12-16(18)21/h3-7,13,15H,8-12H2,1-2H3,(H2,18,21)/t13-,15+/m1/s1. The number of morpholine rings is 1. The molecule has 1 saturated heterocycles. The van der Waals surface area contributed by atoms with E-state index in [2.05, 4.69) is 0 Å². The molecule has 1 aliphatic rings. The number of ether oxygens (including phenoxy) is 1. The minimum absolute atomic E-state index is 0.0972. The van der Waals surface area contributed by atoms with Crippen molar-refractivity contribution in [1.82, 2.24) is 9.80 Å². The average molecular weight is 319 g/mol. The maximum absolute atomic E-state index is 12.7. The van der Waals surface area contributed by atoms with Crippen LogP contribution in [-0.2, 0) is 14.3 Å². The van der Waals surface area contributed by atoms with Crippen molar-refractivity contribution in [2.45, 2.75) is 18.9 Å². The fourth-order valence-electron chi connectivity index (χ4n) is 2.87. The zero-order chi connectivity index (χ0) is 16.8. The van der Waals surface area contributed by atoms with Crippen molar-refractivity contribution in [1.29, 1.82) is 0 Å². The van der Waals surface area contributed by atoms with E-state index in [1.165, 1.54) is 0 Å². The van der Waals surface area contributed by atoms with Gasteiger partial charge in [0.2, 0.25) is 11.8 Å². The Labute approximate surface area is 137 Å². The smallest absolute Gasteiger partial charge is 0.231 e. The third-order valence-electron chi connectivity index (χ3n) is 4.06. The Morgan fingerprint density at radius 1 is 1.39 bits per heavy atom. The first kappa shape index (κ1) is 17.4. The number of rotatable bonds is 6. The van der Waals surface area contributed by atoms with E-state index >= 15 is 0 Å². The van der Waals surface area contributed by atoms with Crippen LogP contribution >= 0.6 is 0 Å². The van der Waals surface area contributed by atoms with Crippen molar-refractivity contribution in [3.8, 4) is 0 Å². The average Bonchev–Trinajstić information content (AvgIpc) is 2.53. The molecule has 6 nitrogen and oxygen atoms in total. The molecule has 0 bridgehead atoms. The third-order valence-corrected chi connectivity index (χ3v) is 4.06. The van der Waals surface area contributed by atoms with Crippen molar-refractivity contribution < 1.29 is 14.3 Å². The number of hydrogen-bond acceptors (Lipinski definition) is 4. The molecule has 126 valence electrons. The summed E-state index contributed by atoms with van der Waals surface area (Å²) in [6.07, 6.45) is -0.0972. The lowest BCUT2D eigenvalue weighted by atomic mass is 9.99. The molecule has 1 aromatic rings. The summed E-state index contributed by atoms with van der Waals surface area (Å²) in [4.78, 5) is 27.3. The molecule has 23 heavy (non-hydrogen) atoms. The fraction of sp³-hybridized carbons (Fsp3) is 0.529. The van der Waals surface area contributed by atoms with E-state index in [0.717, 1.165) is 5.56 Å². The van der Waals surface area contributed by atoms with Crippen LogP contribution in [0.3, 0.4) is 0 Å². The monoisotopic (exact) mass is 319 g/mol. The lowest BCUT2D eigenvalue weighted by Gasteiger charge is -2.36. The molecule has 1 aromatic carbocycles. The predicted octanol–water partition coefficient (Wildman–Crippen LogP) is 0.435. The van der Waals surface area contributed by atoms with Gasteiger partial charge in [0.15, 0.2) is 0 Å². The Morgan fingerprint density at radius 3 is 2.74 bits per heavy atom. The van der Waals surface area contributed by atoms with Gasteiger partial charge in [-0.3, -0.25) is 14.5 Å². The third kappa shape index (κ3) is 5.04. The number of carbonyl (C=O) groups is 2. The van der Waals surface area contributed by atoms with E-state index in [1.807, 2.05) is 54.1 Å². The molecular weight excluding hydrogens is 294 g/mol. The highest BCUT2D eigenvalue weighted by atomic mass is 16.5. The first-order chi connectivity index (χ1) is 11.0. The van der Waals surface area contributed by atoms with Gasteiger partial charge in [-0.1, -0.05) is 30.3 Å². The molecule has 2 amide bonds. The van der Waals surface area contributed by atoms with Crippen LogP contribution < -0.4 is 5.73 Å². The largest absolute Gasteiger partial charge is 0.373 e. The van der Waals surface area contributed by atoms with Crippen LogP contribution in [0.25, 0.3) is 0 Å². The van der Waals surface area contributed by atoms with Crippen LogP contribution in [0.2, 0.25) is 0 Å². The van der Waals surface area contributed by atoms with E-state index in [9.17, 15) is 9.59 Å². The van der Waals surface area contributed by atoms with Gasteiger partial charge in [-0.25, -0.2) is 0 Å². The van der Waals surface area contributed by atoms with Crippen LogP contribution in [0.5, 0.6) is 0 Å². The summed E-state index contributed by atoms with van der Waals surface area (Å²) in [7, 11) is 1.82. The van der Waals surface area contributed by atoms with Gasteiger partial charge >= 0.3 is 0 Å². The summed E-state index contributed by atoms with van der Waals surface area (Å²) >= 11 is 0. The lowest BCUT2D eigenvalue weighted by Crippen LogP contribution is -2.50. The van der Waals surface area contributed by atoms with Crippen molar-refractivity contribution in [3.05, 3.63) is 35.9 Å². The number of primary amides is 1. The molecule has 0 radical (unpaired) electrons. The second-order valence-corrected chi connectivity index (χ2v) is 6.07. The summed E-state index contributed by atoms with van der Waals surface area (Å²) in [5.74, 6) is -0.422. The molecule has 1 fully saturated rings. The minimum Gasteiger partial charge on any atom is -0.373 e. The zero-order valence-corrected chi connectivity index (χ0v) is 13.8. The highest BCUT2D eigenvalue weighted by Crippen LogP contribution is 2.19. The van der Waals surface area contributed by atoms with Crippen LogP contribution in [0.4, 0.5) is 0 Å². The number of hydrogen-bond donors (Lipinski definition) is 1. The van der Waals surface area contributed by atoms with Gasteiger partial charge in [0, 0.05) is 19.6 Å². The summed E-state index contributed by atoms with van der Waals surface area (Å²) in [5, 5.41) is 0. The number of nitrogens with two attached hydrogens (primary N) is 1. The molecule has 0 spiro atoms. The van der Waals surface area contributed by atoms with E-state index in [4.69, 9.17) is 10.5 Å². The van der Waals surface area contributed by atoms with E-state index in [0.29, 0.717) is 26.2 Å². The molecule has 1 aliphatic heterocycles. The number of amides is 2. The Bertz CT molecular complexity index is 535. The van der Waals surface area contributed by atoms with Crippen molar-refractivity contribution >= 4 is 11.8 Å². The van der Waals surface area contributed by atoms with Crippen molar-refractivity contribution in [2.75, 3.05) is 39.8 Å². The van der Waals surface area contributed by atoms with Gasteiger partial charge < -0.3 is 15.4 Å². The Morgan fingerprint density at radius 2 is 2.09 bits per heavy atom. The first-order valence-corrected chi connectivity index (χ1v) is 7.89. The summed E-state index contributed by atoms with van der Waals surface area (Å²) in [6.45, 7) is 4.36. The van der Waals surface area contributed by atoms with E-state index < -0.39 is 0 Å². The van der Waals surface area contributed by atoms with Gasteiger partial charge in [0.25, 0.3) is 0 Å². The normalized spacial score (nSPS) is 19.6. The molecular formula is C17H25N3O3. The Hall–Kier alpha value is -1.92. The van der Waals surface area contributed by atoms with Gasteiger partial charge in [-0.2, -0.15) is 0 Å². The fourth-order valence-corrected chi connectivity index (χ4v) is 2.87. The quantitative estimate of drug-likeness (QED) is 0.825. The number of likely N-dealkylation sites (N-methyl/N-ethyl adjacent to an activating group) is 1. The maximum atomic E-state index is 12.7.